The molecule has 2 aliphatic heterocycles. The lowest BCUT2D eigenvalue weighted by Gasteiger charge is -2.48. The second-order valence-corrected chi connectivity index (χ2v) is 9.47. The monoisotopic (exact) mass is 417 g/mol. The van der Waals surface area contributed by atoms with Gasteiger partial charge in [0, 0.05) is 38.2 Å². The number of rotatable bonds is 2. The Morgan fingerprint density at radius 3 is 2.94 bits per heavy atom. The SMILES string of the molecule is Cc1ccc2c(c1)C[C@]1(CCN(C(=O)c3cn4cc(C5CC5)cnc4n3)C[C@H]1O)NC2. The summed E-state index contributed by atoms with van der Waals surface area (Å²) in [5.41, 5.74) is 5.06. The summed E-state index contributed by atoms with van der Waals surface area (Å²) < 4.78 is 1.85. The Hall–Kier alpha value is -2.77. The highest BCUT2D eigenvalue weighted by atomic mass is 16.3. The molecule has 2 aromatic heterocycles. The second-order valence-electron chi connectivity index (χ2n) is 9.47. The fourth-order valence-corrected chi connectivity index (χ4v) is 5.13. The summed E-state index contributed by atoms with van der Waals surface area (Å²) in [7, 11) is 0. The number of β-amino-alcohol motifs (C(OH)–C–C–N with tert-alkyl or cyclic N) is 1. The molecule has 1 aromatic carbocycles. The Balaban J connectivity index is 1.20. The molecule has 1 spiro atoms. The average molecular weight is 418 g/mol. The van der Waals surface area contributed by atoms with Crippen LogP contribution in [-0.2, 0) is 13.0 Å². The minimum Gasteiger partial charge on any atom is -0.389 e. The molecule has 31 heavy (non-hydrogen) atoms. The largest absolute Gasteiger partial charge is 0.389 e. The maximum atomic E-state index is 13.2. The van der Waals surface area contributed by atoms with Crippen LogP contribution in [0.1, 0.15) is 57.9 Å². The zero-order valence-corrected chi connectivity index (χ0v) is 17.7. The second kappa shape index (κ2) is 6.87. The van der Waals surface area contributed by atoms with E-state index in [1.165, 1.54) is 35.1 Å². The maximum absolute atomic E-state index is 13.2. The summed E-state index contributed by atoms with van der Waals surface area (Å²) in [6, 6.07) is 6.52. The van der Waals surface area contributed by atoms with Crippen LogP contribution in [0.2, 0.25) is 0 Å². The summed E-state index contributed by atoms with van der Waals surface area (Å²) in [6.45, 7) is 3.76. The third-order valence-corrected chi connectivity index (χ3v) is 7.24. The number of hydrogen-bond donors (Lipinski definition) is 2. The number of aromatic nitrogens is 3. The van der Waals surface area contributed by atoms with Gasteiger partial charge in [-0.1, -0.05) is 23.8 Å². The molecule has 3 aliphatic rings. The molecule has 2 fully saturated rings. The van der Waals surface area contributed by atoms with Crippen LogP contribution in [-0.4, -0.2) is 55.0 Å². The number of nitrogens with one attached hydrogen (secondary N) is 1. The molecule has 2 atom stereocenters. The number of benzene rings is 1. The van der Waals surface area contributed by atoms with Crippen molar-refractivity contribution < 1.29 is 9.90 Å². The number of aryl methyl sites for hydroxylation is 1. The molecule has 1 saturated carbocycles. The average Bonchev–Trinajstić information content (AvgIpc) is 3.53. The van der Waals surface area contributed by atoms with Crippen molar-refractivity contribution in [2.45, 2.75) is 56.7 Å². The van der Waals surface area contributed by atoms with E-state index in [0.29, 0.717) is 36.9 Å². The molecule has 6 rings (SSSR count). The van der Waals surface area contributed by atoms with Crippen LogP contribution in [0.3, 0.4) is 0 Å². The fraction of sp³-hybridized carbons (Fsp3) is 0.458. The van der Waals surface area contributed by atoms with Gasteiger partial charge in [0.2, 0.25) is 5.78 Å². The Kier molecular flexibility index (Phi) is 4.20. The Bertz CT molecular complexity index is 1180. The summed E-state index contributed by atoms with van der Waals surface area (Å²) in [5.74, 6) is 1.01. The van der Waals surface area contributed by atoms with E-state index in [0.717, 1.165) is 13.0 Å². The van der Waals surface area contributed by atoms with Gasteiger partial charge in [-0.05, 0) is 55.2 Å². The minimum atomic E-state index is -0.629. The smallest absolute Gasteiger partial charge is 0.274 e. The van der Waals surface area contributed by atoms with Gasteiger partial charge in [-0.2, -0.15) is 0 Å². The molecule has 2 N–H and O–H groups in total. The van der Waals surface area contributed by atoms with Crippen LogP contribution in [0.4, 0.5) is 0 Å². The predicted molar refractivity (Wildman–Crippen MR) is 116 cm³/mol. The number of nitrogens with zero attached hydrogens (tertiary/aromatic N) is 4. The molecule has 3 aromatic rings. The third-order valence-electron chi connectivity index (χ3n) is 7.24. The molecule has 0 bridgehead atoms. The molecule has 1 amide bonds. The van der Waals surface area contributed by atoms with Crippen molar-refractivity contribution in [1.82, 2.24) is 24.6 Å². The molecule has 7 nitrogen and oxygen atoms in total. The first-order valence-electron chi connectivity index (χ1n) is 11.2. The number of hydrogen-bond acceptors (Lipinski definition) is 5. The van der Waals surface area contributed by atoms with Crippen LogP contribution in [0, 0.1) is 6.92 Å². The highest BCUT2D eigenvalue weighted by Gasteiger charge is 2.45. The normalized spacial score (nSPS) is 25.7. The van der Waals surface area contributed by atoms with Crippen LogP contribution >= 0.6 is 0 Å². The number of carbonyl (C=O) groups is 1. The van der Waals surface area contributed by atoms with Gasteiger partial charge in [0.25, 0.3) is 5.91 Å². The van der Waals surface area contributed by atoms with Gasteiger partial charge in [0.1, 0.15) is 5.69 Å². The summed E-state index contributed by atoms with van der Waals surface area (Å²) in [5, 5.41) is 14.7. The molecule has 4 heterocycles. The zero-order chi connectivity index (χ0) is 21.2. The van der Waals surface area contributed by atoms with Crippen molar-refractivity contribution in [3.63, 3.8) is 0 Å². The zero-order valence-electron chi connectivity index (χ0n) is 17.7. The van der Waals surface area contributed by atoms with Crippen molar-refractivity contribution >= 4 is 11.7 Å². The molecule has 0 radical (unpaired) electrons. The van der Waals surface area contributed by atoms with E-state index in [4.69, 9.17) is 0 Å². The summed E-state index contributed by atoms with van der Waals surface area (Å²) >= 11 is 0. The Morgan fingerprint density at radius 1 is 1.26 bits per heavy atom. The number of amides is 1. The standard InChI is InChI=1S/C24H27N5O2/c1-15-2-3-17-11-26-24(9-18(17)8-15)6-7-28(14-21(24)30)22(31)20-13-29-12-19(16-4-5-16)10-25-23(29)27-20/h2-3,8,10,12-13,16,21,26,30H,4-7,9,11,14H2,1H3/t21-,24+/m1/s1. The Morgan fingerprint density at radius 2 is 2.13 bits per heavy atom. The lowest BCUT2D eigenvalue weighted by Crippen LogP contribution is -2.65. The van der Waals surface area contributed by atoms with Crippen LogP contribution in [0.5, 0.6) is 0 Å². The summed E-state index contributed by atoms with van der Waals surface area (Å²) in [6.07, 6.45) is 8.96. The van der Waals surface area contributed by atoms with Crippen molar-refractivity contribution in [1.29, 1.82) is 0 Å². The number of aliphatic hydroxyl groups excluding tert-OH is 1. The molecule has 1 aliphatic carbocycles. The van der Waals surface area contributed by atoms with Crippen LogP contribution < -0.4 is 5.32 Å². The molecule has 1 saturated heterocycles. The first-order valence-corrected chi connectivity index (χ1v) is 11.2. The quantitative estimate of drug-likeness (QED) is 0.668. The van der Waals surface area contributed by atoms with E-state index >= 15 is 0 Å². The van der Waals surface area contributed by atoms with Crippen LogP contribution in [0.15, 0.2) is 36.8 Å². The lowest BCUT2D eigenvalue weighted by molar-refractivity contribution is -0.0140. The molecular weight excluding hydrogens is 390 g/mol. The maximum Gasteiger partial charge on any atom is 0.274 e. The van der Waals surface area contributed by atoms with Gasteiger partial charge in [-0.3, -0.25) is 9.20 Å². The van der Waals surface area contributed by atoms with Gasteiger partial charge in [-0.25, -0.2) is 9.97 Å². The van der Waals surface area contributed by atoms with E-state index in [9.17, 15) is 9.90 Å². The molecule has 0 unspecified atom stereocenters. The first-order chi connectivity index (χ1) is 15.0. The van der Waals surface area contributed by atoms with E-state index in [2.05, 4.69) is 40.4 Å². The molecule has 7 heteroatoms. The van der Waals surface area contributed by atoms with E-state index in [1.807, 2.05) is 16.8 Å². The van der Waals surface area contributed by atoms with Crippen molar-refractivity contribution in [2.24, 2.45) is 0 Å². The van der Waals surface area contributed by atoms with E-state index < -0.39 is 6.10 Å². The van der Waals surface area contributed by atoms with Crippen molar-refractivity contribution in [3.8, 4) is 0 Å². The number of fused-ring (bicyclic) bond motifs is 2. The van der Waals surface area contributed by atoms with E-state index in [-0.39, 0.29) is 11.4 Å². The lowest BCUT2D eigenvalue weighted by atomic mass is 9.76. The van der Waals surface area contributed by atoms with Gasteiger partial charge in [0.05, 0.1) is 11.6 Å². The predicted octanol–water partition coefficient (Wildman–Crippen LogP) is 2.21. The highest BCUT2D eigenvalue weighted by Crippen LogP contribution is 2.39. The number of imidazole rings is 1. The highest BCUT2D eigenvalue weighted by molar-refractivity contribution is 5.93. The number of piperidine rings is 1. The number of carbonyl (C=O) groups excluding carboxylic acids is 1. The fourth-order valence-electron chi connectivity index (χ4n) is 5.13. The topological polar surface area (TPSA) is 82.8 Å². The number of likely N-dealkylation sites (tertiary alicyclic amines) is 1. The minimum absolute atomic E-state index is 0.139. The van der Waals surface area contributed by atoms with Gasteiger partial charge in [0.15, 0.2) is 0 Å². The number of aliphatic hydroxyl groups is 1. The van der Waals surface area contributed by atoms with Crippen molar-refractivity contribution in [2.75, 3.05) is 13.1 Å². The Labute approximate surface area is 181 Å². The molecular formula is C24H27N5O2. The van der Waals surface area contributed by atoms with E-state index in [1.54, 1.807) is 11.1 Å². The van der Waals surface area contributed by atoms with Gasteiger partial charge >= 0.3 is 0 Å². The van der Waals surface area contributed by atoms with Crippen molar-refractivity contribution in [3.05, 3.63) is 64.7 Å². The van der Waals surface area contributed by atoms with Gasteiger partial charge < -0.3 is 15.3 Å². The van der Waals surface area contributed by atoms with Gasteiger partial charge in [-0.15, -0.1) is 0 Å². The first kappa shape index (κ1) is 19.0. The summed E-state index contributed by atoms with van der Waals surface area (Å²) in [4.78, 5) is 23.7. The third kappa shape index (κ3) is 3.23. The van der Waals surface area contributed by atoms with Crippen LogP contribution in [0.25, 0.3) is 5.78 Å². The molecule has 160 valence electrons.